The molecule has 1 saturated carbocycles. The van der Waals surface area contributed by atoms with Crippen molar-refractivity contribution in [3.63, 3.8) is 0 Å². The molecule has 4 rings (SSSR count). The van der Waals surface area contributed by atoms with Gasteiger partial charge >= 0.3 is 0 Å². The Labute approximate surface area is 141 Å². The van der Waals surface area contributed by atoms with Gasteiger partial charge in [-0.3, -0.25) is 9.78 Å². The summed E-state index contributed by atoms with van der Waals surface area (Å²) < 4.78 is 11.6. The molecule has 1 atom stereocenters. The van der Waals surface area contributed by atoms with Crippen molar-refractivity contribution in [2.75, 3.05) is 6.61 Å². The van der Waals surface area contributed by atoms with Gasteiger partial charge in [0, 0.05) is 18.3 Å². The van der Waals surface area contributed by atoms with E-state index in [1.165, 1.54) is 0 Å². The van der Waals surface area contributed by atoms with Gasteiger partial charge in [0.1, 0.15) is 22.9 Å². The molecule has 0 saturated heterocycles. The quantitative estimate of drug-likeness (QED) is 0.937. The van der Waals surface area contributed by atoms with Crippen LogP contribution >= 0.6 is 0 Å². The first-order valence-electron chi connectivity index (χ1n) is 8.38. The number of benzene rings is 1. The monoisotopic (exact) mass is 324 g/mol. The molecule has 5 heteroatoms. The summed E-state index contributed by atoms with van der Waals surface area (Å²) >= 11 is 0. The third kappa shape index (κ3) is 3.35. The van der Waals surface area contributed by atoms with Crippen LogP contribution in [0.1, 0.15) is 35.8 Å². The molecule has 5 nitrogen and oxygen atoms in total. The number of amides is 1. The Morgan fingerprint density at radius 2 is 2.08 bits per heavy atom. The summed E-state index contributed by atoms with van der Waals surface area (Å²) in [6, 6.07) is 9.59. The maximum absolute atomic E-state index is 12.1. The number of hydrogen-bond acceptors (Lipinski definition) is 4. The van der Waals surface area contributed by atoms with E-state index in [-0.39, 0.29) is 5.91 Å². The van der Waals surface area contributed by atoms with Crippen LogP contribution in [0.2, 0.25) is 0 Å². The maximum Gasteiger partial charge on any atom is 0.270 e. The third-order valence-electron chi connectivity index (χ3n) is 4.24. The van der Waals surface area contributed by atoms with Crippen molar-refractivity contribution >= 4 is 5.91 Å². The average molecular weight is 324 g/mol. The lowest BCUT2D eigenvalue weighted by atomic mass is 9.98. The standard InChI is InChI=1S/C19H20N2O3/c1-12-8-13-9-15(4-5-18(13)23-11-12)24-16-6-7-20-17(10-16)19(22)21-14-2-3-14/h4-7,9-10,12,14H,2-3,8,11H2,1H3,(H,21,22). The predicted octanol–water partition coefficient (Wildman–Crippen LogP) is 3.34. The van der Waals surface area contributed by atoms with E-state index in [1.807, 2.05) is 18.2 Å². The normalized spacial score (nSPS) is 19.1. The van der Waals surface area contributed by atoms with Crippen molar-refractivity contribution in [3.05, 3.63) is 47.8 Å². The summed E-state index contributed by atoms with van der Waals surface area (Å²) in [5, 5.41) is 2.93. The Bertz CT molecular complexity index is 771. The lowest BCUT2D eigenvalue weighted by Gasteiger charge is -2.22. The van der Waals surface area contributed by atoms with Crippen LogP contribution in [0.3, 0.4) is 0 Å². The Morgan fingerprint density at radius 3 is 2.92 bits per heavy atom. The van der Waals surface area contributed by atoms with Crippen LogP contribution < -0.4 is 14.8 Å². The number of carbonyl (C=O) groups excluding carboxylic acids is 1. The molecule has 2 aromatic rings. The van der Waals surface area contributed by atoms with Crippen LogP contribution in [0.4, 0.5) is 0 Å². The zero-order valence-electron chi connectivity index (χ0n) is 13.6. The van der Waals surface area contributed by atoms with Crippen molar-refractivity contribution < 1.29 is 14.3 Å². The number of pyridine rings is 1. The molecule has 1 aromatic heterocycles. The number of ether oxygens (including phenoxy) is 2. The zero-order valence-corrected chi connectivity index (χ0v) is 13.6. The Hall–Kier alpha value is -2.56. The minimum Gasteiger partial charge on any atom is -0.493 e. The van der Waals surface area contributed by atoms with Gasteiger partial charge in [0.05, 0.1) is 6.61 Å². The van der Waals surface area contributed by atoms with E-state index < -0.39 is 0 Å². The third-order valence-corrected chi connectivity index (χ3v) is 4.24. The molecule has 2 heterocycles. The highest BCUT2D eigenvalue weighted by molar-refractivity contribution is 5.93. The van der Waals surface area contributed by atoms with Crippen molar-refractivity contribution in [2.45, 2.75) is 32.2 Å². The number of aromatic nitrogens is 1. The van der Waals surface area contributed by atoms with Gasteiger partial charge in [-0.25, -0.2) is 0 Å². The van der Waals surface area contributed by atoms with Gasteiger partial charge in [0.25, 0.3) is 5.91 Å². The molecule has 2 aliphatic rings. The molecule has 1 aromatic carbocycles. The van der Waals surface area contributed by atoms with Crippen molar-refractivity contribution in [1.82, 2.24) is 10.3 Å². The summed E-state index contributed by atoms with van der Waals surface area (Å²) in [5.74, 6) is 2.64. The fourth-order valence-corrected chi connectivity index (χ4v) is 2.81. The predicted molar refractivity (Wildman–Crippen MR) is 89.6 cm³/mol. The summed E-state index contributed by atoms with van der Waals surface area (Å²) in [5.41, 5.74) is 1.54. The van der Waals surface area contributed by atoms with Crippen LogP contribution in [0.25, 0.3) is 0 Å². The van der Waals surface area contributed by atoms with Crippen LogP contribution in [-0.2, 0) is 6.42 Å². The molecule has 0 radical (unpaired) electrons. The Morgan fingerprint density at radius 1 is 1.25 bits per heavy atom. The van der Waals surface area contributed by atoms with Crippen LogP contribution in [-0.4, -0.2) is 23.5 Å². The molecular formula is C19H20N2O3. The van der Waals surface area contributed by atoms with Gasteiger partial charge in [-0.05, 0) is 55.0 Å². The Kier molecular flexibility index (Phi) is 3.84. The van der Waals surface area contributed by atoms with Crippen molar-refractivity contribution in [3.8, 4) is 17.2 Å². The molecule has 124 valence electrons. The van der Waals surface area contributed by atoms with Crippen molar-refractivity contribution in [1.29, 1.82) is 0 Å². The molecule has 0 bridgehead atoms. The highest BCUT2D eigenvalue weighted by atomic mass is 16.5. The van der Waals surface area contributed by atoms with E-state index >= 15 is 0 Å². The van der Waals surface area contributed by atoms with E-state index in [1.54, 1.807) is 18.3 Å². The first kappa shape index (κ1) is 15.0. The van der Waals surface area contributed by atoms with Gasteiger partial charge in [0.15, 0.2) is 0 Å². The molecule has 1 unspecified atom stereocenters. The molecule has 1 amide bonds. The largest absolute Gasteiger partial charge is 0.493 e. The second kappa shape index (κ2) is 6.15. The van der Waals surface area contributed by atoms with E-state index in [2.05, 4.69) is 17.2 Å². The number of nitrogens with one attached hydrogen (secondary N) is 1. The van der Waals surface area contributed by atoms with E-state index in [9.17, 15) is 4.79 Å². The van der Waals surface area contributed by atoms with Gasteiger partial charge in [-0.2, -0.15) is 0 Å². The summed E-state index contributed by atoms with van der Waals surface area (Å²) in [6.45, 7) is 2.93. The number of fused-ring (bicyclic) bond motifs is 1. The van der Waals surface area contributed by atoms with E-state index in [0.717, 1.165) is 42.9 Å². The minimum absolute atomic E-state index is 0.143. The number of carbonyl (C=O) groups is 1. The minimum atomic E-state index is -0.143. The number of rotatable bonds is 4. The second-order valence-electron chi connectivity index (χ2n) is 6.62. The topological polar surface area (TPSA) is 60.5 Å². The van der Waals surface area contributed by atoms with Gasteiger partial charge < -0.3 is 14.8 Å². The molecule has 1 fully saturated rings. The van der Waals surface area contributed by atoms with Gasteiger partial charge in [-0.1, -0.05) is 6.92 Å². The first-order valence-corrected chi connectivity index (χ1v) is 8.38. The smallest absolute Gasteiger partial charge is 0.270 e. The Balaban J connectivity index is 1.50. The molecule has 0 spiro atoms. The summed E-state index contributed by atoms with van der Waals surface area (Å²) in [6.07, 6.45) is 4.69. The highest BCUT2D eigenvalue weighted by Crippen LogP contribution is 2.32. The molecule has 1 N–H and O–H groups in total. The lowest BCUT2D eigenvalue weighted by Crippen LogP contribution is -2.26. The molecule has 1 aliphatic carbocycles. The second-order valence-corrected chi connectivity index (χ2v) is 6.62. The van der Waals surface area contributed by atoms with E-state index in [4.69, 9.17) is 9.47 Å². The zero-order chi connectivity index (χ0) is 16.5. The number of nitrogens with zero attached hydrogens (tertiary/aromatic N) is 1. The summed E-state index contributed by atoms with van der Waals surface area (Å²) in [4.78, 5) is 16.2. The lowest BCUT2D eigenvalue weighted by molar-refractivity contribution is 0.0945. The molecule has 24 heavy (non-hydrogen) atoms. The molecular weight excluding hydrogens is 304 g/mol. The van der Waals surface area contributed by atoms with Gasteiger partial charge in [-0.15, -0.1) is 0 Å². The fraction of sp³-hybridized carbons (Fsp3) is 0.368. The molecule has 1 aliphatic heterocycles. The average Bonchev–Trinajstić information content (AvgIpc) is 3.39. The fourth-order valence-electron chi connectivity index (χ4n) is 2.81. The van der Waals surface area contributed by atoms with Crippen LogP contribution in [0, 0.1) is 5.92 Å². The first-order chi connectivity index (χ1) is 11.7. The SMILES string of the molecule is CC1COc2ccc(Oc3ccnc(C(=O)NC4CC4)c3)cc2C1. The van der Waals surface area contributed by atoms with E-state index in [0.29, 0.717) is 23.4 Å². The maximum atomic E-state index is 12.1. The summed E-state index contributed by atoms with van der Waals surface area (Å²) in [7, 11) is 0. The van der Waals surface area contributed by atoms with Crippen molar-refractivity contribution in [2.24, 2.45) is 5.92 Å². The van der Waals surface area contributed by atoms with Crippen LogP contribution in [0.5, 0.6) is 17.2 Å². The highest BCUT2D eigenvalue weighted by Gasteiger charge is 2.24. The van der Waals surface area contributed by atoms with Crippen LogP contribution in [0.15, 0.2) is 36.5 Å². The number of hydrogen-bond donors (Lipinski definition) is 1. The van der Waals surface area contributed by atoms with Gasteiger partial charge in [0.2, 0.25) is 0 Å².